The molecule has 0 spiro atoms. The molecule has 0 bridgehead atoms. The Morgan fingerprint density at radius 2 is 2.02 bits per heavy atom. The van der Waals surface area contributed by atoms with Gasteiger partial charge in [0.1, 0.15) is 22.5 Å². The van der Waals surface area contributed by atoms with E-state index in [0.717, 1.165) is 88.7 Å². The van der Waals surface area contributed by atoms with Crippen LogP contribution in [0.3, 0.4) is 0 Å². The number of fused-ring (bicyclic) bond motifs is 1. The molecule has 5 rings (SSSR count). The van der Waals surface area contributed by atoms with Crippen LogP contribution < -0.4 is 20.1 Å². The number of aromatic nitrogens is 2. The van der Waals surface area contributed by atoms with E-state index in [9.17, 15) is 4.21 Å². The highest BCUT2D eigenvalue weighted by Gasteiger charge is 2.39. The molecular formula is C33H43N5O2S2. The second-order valence-electron chi connectivity index (χ2n) is 11.9. The van der Waals surface area contributed by atoms with Crippen molar-refractivity contribution in [3.63, 3.8) is 0 Å². The molecule has 1 saturated carbocycles. The molecule has 0 radical (unpaired) electrons. The van der Waals surface area contributed by atoms with Gasteiger partial charge in [-0.25, -0.2) is 14.2 Å². The lowest BCUT2D eigenvalue weighted by molar-refractivity contribution is 0.360. The van der Waals surface area contributed by atoms with Gasteiger partial charge >= 0.3 is 0 Å². The normalized spacial score (nSPS) is 19.9. The summed E-state index contributed by atoms with van der Waals surface area (Å²) in [5, 5.41) is 8.91. The quantitative estimate of drug-likeness (QED) is 0.172. The standard InChI is InChI=1S/C33H43N5O2S2/c1-6-23(4)30(31(41-22(2)3)28-15-19-35-32(37-28)36-24-10-9-18-34-20-24)40-29-14-13-27(25-11-7-8-12-26(25)29)38-42(39)21-33(5)16-17-33/h7-8,11-15,19,23-24,34,38H,2,6,9-10,16-18,20-21H2,1,3-5H3,(H,35,36,37)/b31-30+. The molecule has 3 unspecified atom stereocenters. The molecule has 3 atom stereocenters. The minimum absolute atomic E-state index is 0.129. The van der Waals surface area contributed by atoms with Crippen LogP contribution in [0, 0.1) is 11.3 Å². The second kappa shape index (κ2) is 13.6. The van der Waals surface area contributed by atoms with Gasteiger partial charge in [0, 0.05) is 41.2 Å². The van der Waals surface area contributed by atoms with Crippen molar-refractivity contribution < 1.29 is 8.95 Å². The van der Waals surface area contributed by atoms with Crippen LogP contribution in [0.1, 0.15) is 65.5 Å². The van der Waals surface area contributed by atoms with E-state index in [1.807, 2.05) is 43.5 Å². The molecule has 1 aliphatic heterocycles. The van der Waals surface area contributed by atoms with E-state index in [2.05, 4.69) is 59.8 Å². The molecule has 42 heavy (non-hydrogen) atoms. The summed E-state index contributed by atoms with van der Waals surface area (Å²) >= 11 is 1.58. The van der Waals surface area contributed by atoms with Crippen LogP contribution in [0.5, 0.6) is 5.75 Å². The fourth-order valence-electron chi connectivity index (χ4n) is 5.07. The lowest BCUT2D eigenvalue weighted by Crippen LogP contribution is -2.38. The summed E-state index contributed by atoms with van der Waals surface area (Å²) in [6.07, 6.45) is 7.23. The Morgan fingerprint density at radius 1 is 1.24 bits per heavy atom. The van der Waals surface area contributed by atoms with Crippen LogP contribution in [0.2, 0.25) is 0 Å². The molecule has 7 nitrogen and oxygen atoms in total. The minimum atomic E-state index is -1.14. The lowest BCUT2D eigenvalue weighted by atomic mass is 10.0. The first-order valence-corrected chi connectivity index (χ1v) is 17.1. The van der Waals surface area contributed by atoms with Crippen molar-refractivity contribution in [1.29, 1.82) is 0 Å². The van der Waals surface area contributed by atoms with Crippen molar-refractivity contribution >= 4 is 50.1 Å². The third kappa shape index (κ3) is 7.74. The molecule has 2 aromatic carbocycles. The predicted molar refractivity (Wildman–Crippen MR) is 179 cm³/mol. The Kier molecular flexibility index (Phi) is 9.91. The summed E-state index contributed by atoms with van der Waals surface area (Å²) in [6, 6.07) is 14.4. The number of piperidine rings is 1. The third-order valence-electron chi connectivity index (χ3n) is 7.99. The Labute approximate surface area is 257 Å². The van der Waals surface area contributed by atoms with Gasteiger partial charge < -0.3 is 20.1 Å². The average Bonchev–Trinajstić information content (AvgIpc) is 3.71. The Hall–Kier alpha value is -2.88. The summed E-state index contributed by atoms with van der Waals surface area (Å²) in [5.41, 5.74) is 1.87. The van der Waals surface area contributed by atoms with Crippen molar-refractivity contribution in [2.75, 3.05) is 28.9 Å². The van der Waals surface area contributed by atoms with Crippen molar-refractivity contribution in [1.82, 2.24) is 15.3 Å². The predicted octanol–water partition coefficient (Wildman–Crippen LogP) is 7.73. The lowest BCUT2D eigenvalue weighted by Gasteiger charge is -2.24. The zero-order chi connectivity index (χ0) is 29.7. The number of rotatable bonds is 13. The van der Waals surface area contributed by atoms with Gasteiger partial charge in [0.2, 0.25) is 5.95 Å². The third-order valence-corrected chi connectivity index (χ3v) is 10.4. The molecule has 1 saturated heterocycles. The van der Waals surface area contributed by atoms with Crippen molar-refractivity contribution in [2.45, 2.75) is 65.8 Å². The minimum Gasteiger partial charge on any atom is -0.460 e. The number of thioether (sulfide) groups is 1. The number of nitrogens with one attached hydrogen (secondary N) is 3. The molecule has 224 valence electrons. The molecule has 9 heteroatoms. The Balaban J connectivity index is 1.50. The summed E-state index contributed by atoms with van der Waals surface area (Å²) < 4.78 is 23.1. The fraction of sp³-hybridized carbons (Fsp3) is 0.455. The van der Waals surface area contributed by atoms with E-state index in [0.29, 0.717) is 17.7 Å². The van der Waals surface area contributed by atoms with Gasteiger partial charge in [-0.1, -0.05) is 63.4 Å². The first kappa shape index (κ1) is 30.6. The average molecular weight is 606 g/mol. The molecule has 1 aromatic heterocycles. The maximum atomic E-state index is 12.9. The van der Waals surface area contributed by atoms with Crippen molar-refractivity contribution in [2.24, 2.45) is 11.3 Å². The summed E-state index contributed by atoms with van der Waals surface area (Å²) in [4.78, 5) is 11.4. The van der Waals surface area contributed by atoms with Gasteiger partial charge in [-0.05, 0) is 74.1 Å². The molecule has 2 aliphatic rings. The van der Waals surface area contributed by atoms with Gasteiger partial charge in [-0.15, -0.1) is 0 Å². The molecule has 3 aromatic rings. The van der Waals surface area contributed by atoms with Crippen LogP contribution in [0.25, 0.3) is 15.7 Å². The molecule has 3 N–H and O–H groups in total. The van der Waals surface area contributed by atoms with Crippen LogP contribution in [0.4, 0.5) is 11.6 Å². The first-order chi connectivity index (χ1) is 20.2. The van der Waals surface area contributed by atoms with E-state index >= 15 is 0 Å². The first-order valence-electron chi connectivity index (χ1n) is 15.0. The number of ether oxygens (including phenoxy) is 1. The number of nitrogens with zero attached hydrogens (tertiary/aromatic N) is 2. The summed E-state index contributed by atoms with van der Waals surface area (Å²) in [6.45, 7) is 14.7. The Bertz CT molecular complexity index is 1480. The van der Waals surface area contributed by atoms with Crippen molar-refractivity contribution in [3.05, 3.63) is 71.6 Å². The summed E-state index contributed by atoms with van der Waals surface area (Å²) in [7, 11) is -1.14. The maximum Gasteiger partial charge on any atom is 0.223 e. The van der Waals surface area contributed by atoms with Crippen LogP contribution in [-0.2, 0) is 11.0 Å². The molecule has 0 amide bonds. The van der Waals surface area contributed by atoms with Gasteiger partial charge in [0.15, 0.2) is 0 Å². The smallest absolute Gasteiger partial charge is 0.223 e. The number of anilines is 2. The van der Waals surface area contributed by atoms with E-state index in [4.69, 9.17) is 9.72 Å². The molecule has 2 fully saturated rings. The second-order valence-corrected chi connectivity index (χ2v) is 14.4. The SMILES string of the molecule is C=C(C)S/C(=C(/Oc1ccc(NS(=O)CC2(C)CC2)c2ccccc12)C(C)CC)c1ccnc(NC2CCCNC2)n1. The largest absolute Gasteiger partial charge is 0.460 e. The Morgan fingerprint density at radius 3 is 2.71 bits per heavy atom. The highest BCUT2D eigenvalue weighted by atomic mass is 32.2. The van der Waals surface area contributed by atoms with E-state index in [1.165, 1.54) is 0 Å². The highest BCUT2D eigenvalue weighted by molar-refractivity contribution is 8.11. The maximum absolute atomic E-state index is 12.9. The van der Waals surface area contributed by atoms with E-state index in [-0.39, 0.29) is 11.3 Å². The van der Waals surface area contributed by atoms with Gasteiger partial charge in [-0.3, -0.25) is 0 Å². The monoisotopic (exact) mass is 605 g/mol. The van der Waals surface area contributed by atoms with Crippen LogP contribution >= 0.6 is 11.8 Å². The topological polar surface area (TPSA) is 88.2 Å². The zero-order valence-corrected chi connectivity index (χ0v) is 26.8. The molecule has 1 aliphatic carbocycles. The van der Waals surface area contributed by atoms with Crippen molar-refractivity contribution in [3.8, 4) is 5.75 Å². The van der Waals surface area contributed by atoms with E-state index < -0.39 is 11.0 Å². The number of hydrogen-bond donors (Lipinski definition) is 3. The summed E-state index contributed by atoms with van der Waals surface area (Å²) in [5.74, 6) is 3.02. The number of allylic oxidation sites excluding steroid dienone is 2. The van der Waals surface area contributed by atoms with Gasteiger partial charge in [-0.2, -0.15) is 0 Å². The fourth-order valence-corrected chi connectivity index (χ4v) is 7.40. The molecule has 2 heterocycles. The number of benzene rings is 2. The highest BCUT2D eigenvalue weighted by Crippen LogP contribution is 2.46. The van der Waals surface area contributed by atoms with E-state index in [1.54, 1.807) is 11.8 Å². The van der Waals surface area contributed by atoms with Crippen LogP contribution in [-0.4, -0.2) is 39.1 Å². The van der Waals surface area contributed by atoms with Gasteiger partial charge in [0.05, 0.1) is 16.3 Å². The molecular weight excluding hydrogens is 563 g/mol. The number of hydrogen-bond acceptors (Lipinski definition) is 7. The zero-order valence-electron chi connectivity index (χ0n) is 25.2. The van der Waals surface area contributed by atoms with Crippen LogP contribution in [0.15, 0.2) is 65.9 Å². The van der Waals surface area contributed by atoms with Gasteiger partial charge in [0.25, 0.3) is 0 Å².